The molecular formula is C20H27FIN3O2. The van der Waals surface area contributed by atoms with Crippen LogP contribution in [-0.2, 0) is 6.54 Å². The van der Waals surface area contributed by atoms with Gasteiger partial charge in [-0.15, -0.1) is 24.0 Å². The van der Waals surface area contributed by atoms with Crippen LogP contribution in [0.15, 0.2) is 41.4 Å². The quantitative estimate of drug-likeness (QED) is 0.323. The molecule has 0 spiro atoms. The van der Waals surface area contributed by atoms with Gasteiger partial charge in [-0.2, -0.15) is 0 Å². The summed E-state index contributed by atoms with van der Waals surface area (Å²) in [5, 5.41) is 16.3. The average molecular weight is 487 g/mol. The number of hydrogen-bond acceptors (Lipinski definition) is 3. The molecule has 0 amide bonds. The number of phenols is 1. The van der Waals surface area contributed by atoms with Crippen molar-refractivity contribution in [2.24, 2.45) is 4.99 Å². The number of methoxy groups -OCH3 is 1. The van der Waals surface area contributed by atoms with E-state index < -0.39 is 0 Å². The maximum atomic E-state index is 13.8. The molecule has 27 heavy (non-hydrogen) atoms. The summed E-state index contributed by atoms with van der Waals surface area (Å²) in [4.78, 5) is 4.53. The first kappa shape index (κ1) is 23.0. The number of aromatic hydroxyl groups is 1. The largest absolute Gasteiger partial charge is 0.504 e. The van der Waals surface area contributed by atoms with Crippen LogP contribution in [0.3, 0.4) is 0 Å². The molecule has 2 aromatic rings. The molecular weight excluding hydrogens is 460 g/mol. The van der Waals surface area contributed by atoms with Crippen LogP contribution in [0.2, 0.25) is 0 Å². The second kappa shape index (κ2) is 11.0. The van der Waals surface area contributed by atoms with Gasteiger partial charge in [0.25, 0.3) is 0 Å². The molecule has 0 saturated carbocycles. The van der Waals surface area contributed by atoms with Gasteiger partial charge in [-0.25, -0.2) is 9.38 Å². The SMILES string of the molecule is CCNC(=NCc1ccc(OC)c(O)c1)NC(C)c1ccc(C)c(F)c1.I. The number of aliphatic imine (C=N–C) groups is 1. The summed E-state index contributed by atoms with van der Waals surface area (Å²) in [6.45, 7) is 6.77. The molecule has 3 N–H and O–H groups in total. The van der Waals surface area contributed by atoms with Gasteiger partial charge in [0.05, 0.1) is 19.7 Å². The lowest BCUT2D eigenvalue weighted by molar-refractivity contribution is 0.373. The van der Waals surface area contributed by atoms with E-state index in [1.54, 1.807) is 25.1 Å². The lowest BCUT2D eigenvalue weighted by Crippen LogP contribution is -2.38. The van der Waals surface area contributed by atoms with Crippen molar-refractivity contribution in [1.82, 2.24) is 10.6 Å². The van der Waals surface area contributed by atoms with Crippen LogP contribution < -0.4 is 15.4 Å². The molecule has 0 fully saturated rings. The number of nitrogens with one attached hydrogen (secondary N) is 2. The van der Waals surface area contributed by atoms with Gasteiger partial charge in [0, 0.05) is 6.54 Å². The summed E-state index contributed by atoms with van der Waals surface area (Å²) in [5.41, 5.74) is 2.33. The molecule has 1 atom stereocenters. The Kier molecular flexibility index (Phi) is 9.34. The van der Waals surface area contributed by atoms with Gasteiger partial charge in [0.2, 0.25) is 0 Å². The van der Waals surface area contributed by atoms with Gasteiger partial charge in [0.1, 0.15) is 5.82 Å². The Morgan fingerprint density at radius 3 is 2.59 bits per heavy atom. The molecule has 0 aliphatic carbocycles. The summed E-state index contributed by atoms with van der Waals surface area (Å²) in [6.07, 6.45) is 0. The Morgan fingerprint density at radius 2 is 2.00 bits per heavy atom. The number of hydrogen-bond donors (Lipinski definition) is 3. The van der Waals surface area contributed by atoms with Gasteiger partial charge < -0.3 is 20.5 Å². The van der Waals surface area contributed by atoms with Gasteiger partial charge >= 0.3 is 0 Å². The molecule has 2 aromatic carbocycles. The third kappa shape index (κ3) is 6.57. The first-order valence-corrected chi connectivity index (χ1v) is 8.61. The number of guanidine groups is 1. The van der Waals surface area contributed by atoms with Crippen LogP contribution in [0.25, 0.3) is 0 Å². The van der Waals surface area contributed by atoms with Crippen LogP contribution in [0.4, 0.5) is 4.39 Å². The maximum absolute atomic E-state index is 13.8. The molecule has 0 aliphatic heterocycles. The number of benzene rings is 2. The standard InChI is InChI=1S/C20H26FN3O2.HI/c1-5-22-20(23-12-15-7-9-19(26-4)18(25)10-15)24-14(3)16-8-6-13(2)17(21)11-16;/h6-11,14,25H,5,12H2,1-4H3,(H2,22,23,24);1H. The average Bonchev–Trinajstić information content (AvgIpc) is 2.62. The Bertz CT molecular complexity index is 784. The first-order chi connectivity index (χ1) is 12.4. The molecule has 0 aromatic heterocycles. The molecule has 0 heterocycles. The molecule has 1 unspecified atom stereocenters. The maximum Gasteiger partial charge on any atom is 0.192 e. The highest BCUT2D eigenvalue weighted by molar-refractivity contribution is 14.0. The van der Waals surface area contributed by atoms with E-state index in [0.717, 1.165) is 11.1 Å². The van der Waals surface area contributed by atoms with Crippen LogP contribution in [0, 0.1) is 12.7 Å². The van der Waals surface area contributed by atoms with Gasteiger partial charge in [-0.3, -0.25) is 0 Å². The Balaban J connectivity index is 0.00000364. The lowest BCUT2D eigenvalue weighted by Gasteiger charge is -2.18. The summed E-state index contributed by atoms with van der Waals surface area (Å²) in [7, 11) is 1.51. The number of rotatable bonds is 6. The minimum Gasteiger partial charge on any atom is -0.504 e. The molecule has 0 saturated heterocycles. The highest BCUT2D eigenvalue weighted by Crippen LogP contribution is 2.26. The summed E-state index contributed by atoms with van der Waals surface area (Å²) in [6, 6.07) is 10.3. The number of ether oxygens (including phenoxy) is 1. The van der Waals surface area contributed by atoms with E-state index in [0.29, 0.717) is 30.4 Å². The van der Waals surface area contributed by atoms with Crippen molar-refractivity contribution in [3.63, 3.8) is 0 Å². The Morgan fingerprint density at radius 1 is 1.26 bits per heavy atom. The van der Waals surface area contributed by atoms with Gasteiger partial charge in [0.15, 0.2) is 17.5 Å². The van der Waals surface area contributed by atoms with Gasteiger partial charge in [-0.05, 0) is 55.7 Å². The van der Waals surface area contributed by atoms with E-state index in [4.69, 9.17) is 4.74 Å². The number of nitrogens with zero attached hydrogens (tertiary/aromatic N) is 1. The normalized spacial score (nSPS) is 12.1. The van der Waals surface area contributed by atoms with Crippen LogP contribution in [0.1, 0.15) is 36.6 Å². The van der Waals surface area contributed by atoms with Crippen molar-refractivity contribution in [1.29, 1.82) is 0 Å². The summed E-state index contributed by atoms with van der Waals surface area (Å²) < 4.78 is 18.8. The molecule has 0 radical (unpaired) electrons. The lowest BCUT2D eigenvalue weighted by atomic mass is 10.1. The molecule has 0 bridgehead atoms. The van der Waals surface area contributed by atoms with Crippen molar-refractivity contribution < 1.29 is 14.2 Å². The van der Waals surface area contributed by atoms with Crippen LogP contribution in [-0.4, -0.2) is 24.7 Å². The molecule has 5 nitrogen and oxygen atoms in total. The van der Waals surface area contributed by atoms with E-state index in [1.807, 2.05) is 26.0 Å². The van der Waals surface area contributed by atoms with E-state index in [1.165, 1.54) is 13.2 Å². The monoisotopic (exact) mass is 487 g/mol. The number of aryl methyl sites for hydroxylation is 1. The molecule has 7 heteroatoms. The molecule has 0 aliphatic rings. The Hall–Kier alpha value is -2.03. The zero-order valence-corrected chi connectivity index (χ0v) is 18.4. The van der Waals surface area contributed by atoms with Crippen LogP contribution in [0.5, 0.6) is 11.5 Å². The highest BCUT2D eigenvalue weighted by Gasteiger charge is 2.10. The third-order valence-electron chi connectivity index (χ3n) is 4.06. The van der Waals surface area contributed by atoms with Crippen molar-refractivity contribution in [3.8, 4) is 11.5 Å². The molecule has 148 valence electrons. The summed E-state index contributed by atoms with van der Waals surface area (Å²) in [5.74, 6) is 0.919. The highest BCUT2D eigenvalue weighted by atomic mass is 127. The molecule has 2 rings (SSSR count). The zero-order valence-electron chi connectivity index (χ0n) is 16.0. The number of halogens is 2. The summed E-state index contributed by atoms with van der Waals surface area (Å²) >= 11 is 0. The van der Waals surface area contributed by atoms with E-state index in [9.17, 15) is 9.50 Å². The number of phenolic OH excluding ortho intramolecular Hbond substituents is 1. The van der Waals surface area contributed by atoms with Gasteiger partial charge in [-0.1, -0.05) is 18.2 Å². The van der Waals surface area contributed by atoms with Crippen molar-refractivity contribution in [2.75, 3.05) is 13.7 Å². The fraction of sp³-hybridized carbons (Fsp3) is 0.350. The zero-order chi connectivity index (χ0) is 19.1. The minimum absolute atomic E-state index is 0. The van der Waals surface area contributed by atoms with E-state index >= 15 is 0 Å². The minimum atomic E-state index is -0.216. The van der Waals surface area contributed by atoms with Crippen LogP contribution >= 0.6 is 24.0 Å². The Labute approximate surface area is 177 Å². The van der Waals surface area contributed by atoms with Crippen molar-refractivity contribution >= 4 is 29.9 Å². The second-order valence-corrected chi connectivity index (χ2v) is 6.08. The first-order valence-electron chi connectivity index (χ1n) is 8.61. The van der Waals surface area contributed by atoms with E-state index in [-0.39, 0.29) is 41.6 Å². The van der Waals surface area contributed by atoms with Crippen molar-refractivity contribution in [3.05, 3.63) is 58.9 Å². The fourth-order valence-corrected chi connectivity index (χ4v) is 2.49. The van der Waals surface area contributed by atoms with E-state index in [2.05, 4.69) is 15.6 Å². The fourth-order valence-electron chi connectivity index (χ4n) is 2.49. The predicted molar refractivity (Wildman–Crippen MR) is 118 cm³/mol. The topological polar surface area (TPSA) is 65.9 Å². The van der Waals surface area contributed by atoms with Crippen molar-refractivity contribution in [2.45, 2.75) is 33.4 Å². The predicted octanol–water partition coefficient (Wildman–Crippen LogP) is 4.28. The second-order valence-electron chi connectivity index (χ2n) is 6.08. The third-order valence-corrected chi connectivity index (χ3v) is 4.06. The smallest absolute Gasteiger partial charge is 0.192 e.